The van der Waals surface area contributed by atoms with E-state index in [9.17, 15) is 24.0 Å². The number of unbranched alkanes of at least 4 members (excludes halogenated alkanes) is 7. The average molecular weight is 589 g/mol. The van der Waals surface area contributed by atoms with Crippen LogP contribution >= 0.6 is 0 Å². The fourth-order valence-electron chi connectivity index (χ4n) is 5.87. The Morgan fingerprint density at radius 1 is 0.884 bits per heavy atom. The average Bonchev–Trinajstić information content (AvgIpc) is 3.23. The fraction of sp³-hybridized carbons (Fsp3) is 0.500. The number of anilines is 1. The monoisotopic (exact) mass is 588 g/mol. The Morgan fingerprint density at radius 2 is 1.53 bits per heavy atom. The van der Waals surface area contributed by atoms with Crippen molar-refractivity contribution in [3.05, 3.63) is 63.7 Å². The zero-order chi connectivity index (χ0) is 30.9. The van der Waals surface area contributed by atoms with E-state index in [1.165, 1.54) is 16.7 Å². The molecule has 5 amide bonds. The van der Waals surface area contributed by atoms with Crippen LogP contribution in [0, 0.1) is 20.8 Å². The lowest BCUT2D eigenvalue weighted by Gasteiger charge is -2.27. The molecule has 230 valence electrons. The van der Waals surface area contributed by atoms with Crippen molar-refractivity contribution in [2.45, 2.75) is 104 Å². The molecule has 2 aromatic carbocycles. The van der Waals surface area contributed by atoms with Gasteiger partial charge in [0.2, 0.25) is 17.7 Å². The van der Waals surface area contributed by atoms with Crippen molar-refractivity contribution in [1.29, 1.82) is 0 Å². The number of hydrogen-bond donors (Lipinski definition) is 3. The third-order valence-corrected chi connectivity index (χ3v) is 8.59. The molecule has 0 saturated carbocycles. The number of amides is 5. The van der Waals surface area contributed by atoms with Gasteiger partial charge in [0.05, 0.1) is 11.1 Å². The van der Waals surface area contributed by atoms with Crippen LogP contribution in [-0.2, 0) is 20.9 Å². The van der Waals surface area contributed by atoms with Crippen molar-refractivity contribution in [1.82, 2.24) is 15.5 Å². The molecule has 9 heteroatoms. The second kappa shape index (κ2) is 14.9. The van der Waals surface area contributed by atoms with E-state index >= 15 is 0 Å². The van der Waals surface area contributed by atoms with Gasteiger partial charge in [-0.25, -0.2) is 0 Å². The van der Waals surface area contributed by atoms with Gasteiger partial charge >= 0.3 is 0 Å². The van der Waals surface area contributed by atoms with Crippen LogP contribution in [-0.4, -0.2) is 47.0 Å². The van der Waals surface area contributed by atoms with Gasteiger partial charge in [-0.15, -0.1) is 0 Å². The quantitative estimate of drug-likeness (QED) is 0.193. The predicted molar refractivity (Wildman–Crippen MR) is 166 cm³/mol. The largest absolute Gasteiger partial charge is 0.384 e. The molecule has 0 radical (unpaired) electrons. The Hall–Kier alpha value is -4.01. The molecule has 2 aliphatic rings. The van der Waals surface area contributed by atoms with Crippen molar-refractivity contribution >= 4 is 35.2 Å². The van der Waals surface area contributed by atoms with Crippen molar-refractivity contribution in [2.75, 3.05) is 11.9 Å². The fourth-order valence-corrected chi connectivity index (χ4v) is 5.87. The number of carbonyl (C=O) groups excluding carboxylic acids is 5. The van der Waals surface area contributed by atoms with E-state index in [1.54, 1.807) is 18.2 Å². The lowest BCUT2D eigenvalue weighted by molar-refractivity contribution is -0.136. The van der Waals surface area contributed by atoms with Gasteiger partial charge in [-0.2, -0.15) is 0 Å². The van der Waals surface area contributed by atoms with Gasteiger partial charge < -0.3 is 10.6 Å². The van der Waals surface area contributed by atoms with Gasteiger partial charge in [0.25, 0.3) is 11.8 Å². The highest BCUT2D eigenvalue weighted by atomic mass is 16.2. The Bertz CT molecular complexity index is 1360. The third-order valence-electron chi connectivity index (χ3n) is 8.59. The summed E-state index contributed by atoms with van der Waals surface area (Å²) in [5.41, 5.74) is 6.15. The van der Waals surface area contributed by atoms with Gasteiger partial charge in [-0.1, -0.05) is 56.7 Å². The number of nitrogens with zero attached hydrogens (tertiary/aromatic N) is 1. The molecule has 1 fully saturated rings. The van der Waals surface area contributed by atoms with Crippen LogP contribution in [0.15, 0.2) is 30.3 Å². The number of aryl methyl sites for hydroxylation is 2. The number of imide groups is 2. The van der Waals surface area contributed by atoms with Gasteiger partial charge in [-0.3, -0.25) is 34.2 Å². The molecule has 1 unspecified atom stereocenters. The van der Waals surface area contributed by atoms with E-state index in [-0.39, 0.29) is 30.2 Å². The van der Waals surface area contributed by atoms with Gasteiger partial charge in [-0.05, 0) is 74.4 Å². The summed E-state index contributed by atoms with van der Waals surface area (Å²) in [5.74, 6) is -1.87. The van der Waals surface area contributed by atoms with E-state index in [1.807, 2.05) is 0 Å². The molecule has 0 aromatic heterocycles. The first kappa shape index (κ1) is 31.9. The smallest absolute Gasteiger partial charge is 0.264 e. The Morgan fingerprint density at radius 3 is 2.21 bits per heavy atom. The minimum absolute atomic E-state index is 0.0978. The Labute approximate surface area is 254 Å². The summed E-state index contributed by atoms with van der Waals surface area (Å²) < 4.78 is 0. The summed E-state index contributed by atoms with van der Waals surface area (Å²) in [7, 11) is 0. The topological polar surface area (TPSA) is 125 Å². The van der Waals surface area contributed by atoms with E-state index < -0.39 is 23.8 Å². The molecule has 43 heavy (non-hydrogen) atoms. The minimum Gasteiger partial charge on any atom is -0.384 e. The molecule has 2 heterocycles. The number of rotatable bonds is 15. The first-order valence-electron chi connectivity index (χ1n) is 15.6. The second-order valence-electron chi connectivity index (χ2n) is 11.8. The summed E-state index contributed by atoms with van der Waals surface area (Å²) in [6.07, 6.45) is 9.29. The van der Waals surface area contributed by atoms with Crippen LogP contribution in [0.25, 0.3) is 0 Å². The van der Waals surface area contributed by atoms with Crippen LogP contribution in [0.5, 0.6) is 0 Å². The molecule has 2 aromatic rings. The highest BCUT2D eigenvalue weighted by Gasteiger charge is 2.45. The highest BCUT2D eigenvalue weighted by Crippen LogP contribution is 2.32. The van der Waals surface area contributed by atoms with Crippen LogP contribution < -0.4 is 16.0 Å². The van der Waals surface area contributed by atoms with E-state index in [0.29, 0.717) is 30.8 Å². The van der Waals surface area contributed by atoms with Crippen LogP contribution in [0.1, 0.15) is 114 Å². The van der Waals surface area contributed by atoms with Gasteiger partial charge in [0.1, 0.15) is 6.04 Å². The molecule has 9 nitrogen and oxygen atoms in total. The predicted octanol–water partition coefficient (Wildman–Crippen LogP) is 5.25. The number of hydrogen-bond acceptors (Lipinski definition) is 6. The number of carbonyl (C=O) groups is 5. The zero-order valence-corrected chi connectivity index (χ0v) is 25.6. The highest BCUT2D eigenvalue weighted by molar-refractivity contribution is 6.25. The molecular formula is C34H44N4O5. The molecule has 2 aliphatic heterocycles. The lowest BCUT2D eigenvalue weighted by Crippen LogP contribution is -2.54. The van der Waals surface area contributed by atoms with Crippen LogP contribution in [0.3, 0.4) is 0 Å². The number of benzene rings is 2. The van der Waals surface area contributed by atoms with E-state index in [4.69, 9.17) is 0 Å². The summed E-state index contributed by atoms with van der Waals surface area (Å²) >= 11 is 0. The normalized spacial score (nSPS) is 16.3. The Balaban J connectivity index is 1.07. The standard InChI is InChI=1S/C34H44N4O5/c1-22-19-25(20-23(2)24(22)3)21-36-29(39)15-10-8-6-4-5-7-9-11-18-35-27-14-12-13-26-31(27)34(43)38(33(26)42)28-16-17-30(40)37-32(28)41/h12-14,19-20,28,35H,4-11,15-18,21H2,1-3H3,(H,36,39)(H,37,40,41). The van der Waals surface area contributed by atoms with E-state index in [0.717, 1.165) is 61.8 Å². The van der Waals surface area contributed by atoms with Crippen LogP contribution in [0.4, 0.5) is 5.69 Å². The van der Waals surface area contributed by atoms with E-state index in [2.05, 4.69) is 48.9 Å². The summed E-state index contributed by atoms with van der Waals surface area (Å²) in [5, 5.41) is 8.57. The first-order valence-corrected chi connectivity index (χ1v) is 15.6. The summed E-state index contributed by atoms with van der Waals surface area (Å²) in [6, 6.07) is 8.44. The molecule has 3 N–H and O–H groups in total. The van der Waals surface area contributed by atoms with Crippen molar-refractivity contribution < 1.29 is 24.0 Å². The first-order chi connectivity index (χ1) is 20.7. The maximum Gasteiger partial charge on any atom is 0.264 e. The minimum atomic E-state index is -0.965. The molecule has 0 bridgehead atoms. The SMILES string of the molecule is Cc1cc(CNC(=O)CCCCCCCCCCNc2cccc3c2C(=O)N(C2CCC(=O)NC2=O)C3=O)cc(C)c1C. The third kappa shape index (κ3) is 8.09. The zero-order valence-electron chi connectivity index (χ0n) is 25.6. The van der Waals surface area contributed by atoms with Gasteiger partial charge in [0, 0.05) is 31.6 Å². The molecule has 1 atom stereocenters. The maximum atomic E-state index is 13.2. The molecule has 0 aliphatic carbocycles. The Kier molecular flexibility index (Phi) is 11.1. The number of piperidine rings is 1. The molecule has 4 rings (SSSR count). The second-order valence-corrected chi connectivity index (χ2v) is 11.8. The van der Waals surface area contributed by atoms with Crippen LogP contribution in [0.2, 0.25) is 0 Å². The number of fused-ring (bicyclic) bond motifs is 1. The maximum absolute atomic E-state index is 13.2. The summed E-state index contributed by atoms with van der Waals surface area (Å²) in [6.45, 7) is 7.59. The summed E-state index contributed by atoms with van der Waals surface area (Å²) in [4.78, 5) is 63.2. The van der Waals surface area contributed by atoms with Crippen molar-refractivity contribution in [3.8, 4) is 0 Å². The molecule has 0 spiro atoms. The van der Waals surface area contributed by atoms with Crippen molar-refractivity contribution in [3.63, 3.8) is 0 Å². The lowest BCUT2D eigenvalue weighted by atomic mass is 10.0. The molecular weight excluding hydrogens is 544 g/mol. The van der Waals surface area contributed by atoms with Gasteiger partial charge in [0.15, 0.2) is 0 Å². The number of nitrogens with one attached hydrogen (secondary N) is 3. The molecule has 1 saturated heterocycles. The van der Waals surface area contributed by atoms with Crippen molar-refractivity contribution in [2.24, 2.45) is 0 Å².